The fourth-order valence-corrected chi connectivity index (χ4v) is 6.42. The number of halogens is 3. The minimum absolute atomic E-state index is 0.0575. The second kappa shape index (κ2) is 15.8. The van der Waals surface area contributed by atoms with Crippen LogP contribution in [0.2, 0.25) is 0 Å². The maximum Gasteiger partial charge on any atom is 0.221 e. The summed E-state index contributed by atoms with van der Waals surface area (Å²) in [5.41, 5.74) is 4.83. The Bertz CT molecular complexity index is 1580. The lowest BCUT2D eigenvalue weighted by molar-refractivity contribution is -0.123. The Morgan fingerprint density at radius 2 is 1.60 bits per heavy atom. The summed E-state index contributed by atoms with van der Waals surface area (Å²) in [5.74, 6) is -0.978. The summed E-state index contributed by atoms with van der Waals surface area (Å²) in [7, 11) is 0. The van der Waals surface area contributed by atoms with Crippen LogP contribution in [0.15, 0.2) is 84.9 Å². The number of aliphatic hydroxyl groups excluding tert-OH is 1. The molecule has 0 aliphatic heterocycles. The van der Waals surface area contributed by atoms with Crippen molar-refractivity contribution in [3.63, 3.8) is 0 Å². The minimum Gasteiger partial charge on any atom is -0.489 e. The Morgan fingerprint density at radius 1 is 0.911 bits per heavy atom. The highest BCUT2D eigenvalue weighted by Crippen LogP contribution is 2.38. The predicted molar refractivity (Wildman–Crippen MR) is 183 cm³/mol. The zero-order valence-corrected chi connectivity index (χ0v) is 28.3. The Kier molecular flexibility index (Phi) is 12.1. The first-order chi connectivity index (χ1) is 21.4. The van der Waals surface area contributed by atoms with Gasteiger partial charge in [-0.3, -0.25) is 4.79 Å². The Labute approximate surface area is 278 Å². The number of carbonyl (C=O) groups is 1. The number of hydrogen-bond acceptors (Lipinski definition) is 4. The van der Waals surface area contributed by atoms with Crippen molar-refractivity contribution in [2.24, 2.45) is 0 Å². The molecule has 0 radical (unpaired) electrons. The van der Waals surface area contributed by atoms with E-state index in [9.17, 15) is 18.7 Å². The third-order valence-electron chi connectivity index (χ3n) is 7.72. The third kappa shape index (κ3) is 10.3. The van der Waals surface area contributed by atoms with E-state index in [1.54, 1.807) is 0 Å². The first-order valence-corrected chi connectivity index (χ1v) is 16.1. The fraction of sp³-hybridized carbons (Fsp3) is 0.324. The zero-order chi connectivity index (χ0) is 32.6. The van der Waals surface area contributed by atoms with Gasteiger partial charge in [-0.2, -0.15) is 0 Å². The van der Waals surface area contributed by atoms with Crippen LogP contribution in [0.4, 0.5) is 8.78 Å². The van der Waals surface area contributed by atoms with Crippen LogP contribution < -0.4 is 15.4 Å². The molecule has 5 nitrogen and oxygen atoms in total. The summed E-state index contributed by atoms with van der Waals surface area (Å²) in [6, 6.07) is 24.5. The van der Waals surface area contributed by atoms with Gasteiger partial charge in [0.1, 0.15) is 24.0 Å². The van der Waals surface area contributed by atoms with Crippen molar-refractivity contribution >= 4 is 28.5 Å². The van der Waals surface area contributed by atoms with Gasteiger partial charge in [-0.1, -0.05) is 62.4 Å². The van der Waals surface area contributed by atoms with Crippen molar-refractivity contribution in [3.8, 4) is 5.75 Å². The molecule has 4 aromatic rings. The van der Waals surface area contributed by atoms with Gasteiger partial charge in [0.2, 0.25) is 5.91 Å². The zero-order valence-electron chi connectivity index (χ0n) is 26.2. The van der Waals surface area contributed by atoms with Crippen LogP contribution in [0.1, 0.15) is 53.6 Å². The summed E-state index contributed by atoms with van der Waals surface area (Å²) >= 11 is 2.25. The first kappa shape index (κ1) is 34.5. The van der Waals surface area contributed by atoms with E-state index in [-0.39, 0.29) is 25.3 Å². The predicted octanol–water partition coefficient (Wildman–Crippen LogP) is 7.31. The summed E-state index contributed by atoms with van der Waals surface area (Å²) < 4.78 is 35.5. The van der Waals surface area contributed by atoms with E-state index in [4.69, 9.17) is 4.74 Å². The quantitative estimate of drug-likeness (QED) is 0.119. The molecule has 1 amide bonds. The molecule has 0 saturated carbocycles. The summed E-state index contributed by atoms with van der Waals surface area (Å²) in [5, 5.41) is 17.4. The van der Waals surface area contributed by atoms with E-state index in [0.29, 0.717) is 18.7 Å². The minimum atomic E-state index is -1.02. The van der Waals surface area contributed by atoms with E-state index in [2.05, 4.69) is 39.3 Å². The van der Waals surface area contributed by atoms with Crippen molar-refractivity contribution < 1.29 is 23.4 Å². The molecule has 8 heteroatoms. The second-order valence-electron chi connectivity index (χ2n) is 12.3. The number of hydrogen-bond donors (Lipinski definition) is 3. The van der Waals surface area contributed by atoms with Crippen molar-refractivity contribution in [1.29, 1.82) is 0 Å². The van der Waals surface area contributed by atoms with E-state index < -0.39 is 29.2 Å². The van der Waals surface area contributed by atoms with Gasteiger partial charge in [0, 0.05) is 40.1 Å². The number of ether oxygens (including phenoxy) is 1. The molecule has 0 unspecified atom stereocenters. The van der Waals surface area contributed by atoms with Crippen molar-refractivity contribution in [2.75, 3.05) is 6.54 Å². The number of nitrogens with one attached hydrogen (secondary N) is 2. The molecule has 0 aliphatic rings. The monoisotopic (exact) mass is 726 g/mol. The molecule has 4 rings (SSSR count). The van der Waals surface area contributed by atoms with Gasteiger partial charge >= 0.3 is 0 Å². The van der Waals surface area contributed by atoms with Crippen LogP contribution in [0.25, 0.3) is 0 Å². The molecule has 4 aromatic carbocycles. The molecular weight excluding hydrogens is 685 g/mol. The van der Waals surface area contributed by atoms with Crippen LogP contribution in [0.5, 0.6) is 5.75 Å². The lowest BCUT2D eigenvalue weighted by atomic mass is 9.78. The van der Waals surface area contributed by atoms with Crippen molar-refractivity contribution in [2.45, 2.75) is 71.2 Å². The van der Waals surface area contributed by atoms with E-state index in [0.717, 1.165) is 43.2 Å². The Morgan fingerprint density at radius 3 is 2.29 bits per heavy atom. The van der Waals surface area contributed by atoms with Crippen molar-refractivity contribution in [3.05, 3.63) is 134 Å². The number of rotatable bonds is 14. The van der Waals surface area contributed by atoms with Crippen LogP contribution in [-0.2, 0) is 29.8 Å². The lowest BCUT2D eigenvalue weighted by Gasteiger charge is -2.31. The standard InChI is InChI=1S/C37H41F2IN2O3/c1-24-13-25(2)36(34(14-24)45-23-26-9-6-5-7-10-26)37(3,4)20-35(44)42-32(18-28-15-29(38)19-30(39)16-28)33(43)22-41-21-27-11-8-12-31(40)17-27/h5-17,19,32-33,41,43H,18,20-23H2,1-4H3,(H,42,44)/t32-,33-/m1/s1. The Balaban J connectivity index is 1.50. The molecular formula is C37H41F2IN2O3. The van der Waals surface area contributed by atoms with Crippen LogP contribution in [0, 0.1) is 29.1 Å². The smallest absolute Gasteiger partial charge is 0.221 e. The van der Waals surface area contributed by atoms with Gasteiger partial charge in [-0.05, 0) is 101 Å². The largest absolute Gasteiger partial charge is 0.489 e. The average Bonchev–Trinajstić information content (AvgIpc) is 2.95. The number of aliphatic hydroxyl groups is 1. The van der Waals surface area contributed by atoms with Crippen LogP contribution >= 0.6 is 22.6 Å². The normalized spacial score (nSPS) is 12.9. The molecule has 3 N–H and O–H groups in total. The van der Waals surface area contributed by atoms with Gasteiger partial charge in [0.25, 0.3) is 0 Å². The highest BCUT2D eigenvalue weighted by atomic mass is 127. The number of carbonyl (C=O) groups excluding carboxylic acids is 1. The van der Waals surface area contributed by atoms with E-state index >= 15 is 0 Å². The third-order valence-corrected chi connectivity index (χ3v) is 8.39. The summed E-state index contributed by atoms with van der Waals surface area (Å²) in [6.45, 7) is 9.11. The number of benzene rings is 4. The highest BCUT2D eigenvalue weighted by molar-refractivity contribution is 14.1. The summed E-state index contributed by atoms with van der Waals surface area (Å²) in [4.78, 5) is 13.6. The van der Waals surface area contributed by atoms with Crippen LogP contribution in [0.3, 0.4) is 0 Å². The van der Waals surface area contributed by atoms with Gasteiger partial charge in [0.05, 0.1) is 12.1 Å². The average molecular weight is 727 g/mol. The molecule has 45 heavy (non-hydrogen) atoms. The van der Waals surface area contributed by atoms with Crippen LogP contribution in [-0.4, -0.2) is 29.7 Å². The molecule has 0 fully saturated rings. The first-order valence-electron chi connectivity index (χ1n) is 15.1. The van der Waals surface area contributed by atoms with E-state index in [1.165, 1.54) is 12.1 Å². The SMILES string of the molecule is Cc1cc(C)c(C(C)(C)CC(=O)N[C@H](Cc2cc(F)cc(F)c2)[C@H](O)CNCc2cccc(I)c2)c(OCc2ccccc2)c1. The van der Waals surface area contributed by atoms with Crippen molar-refractivity contribution in [1.82, 2.24) is 10.6 Å². The van der Waals surface area contributed by atoms with Gasteiger partial charge < -0.3 is 20.5 Å². The van der Waals surface area contributed by atoms with Gasteiger partial charge in [0.15, 0.2) is 0 Å². The highest BCUT2D eigenvalue weighted by Gasteiger charge is 2.31. The molecule has 2 atom stereocenters. The maximum atomic E-state index is 14.0. The lowest BCUT2D eigenvalue weighted by Crippen LogP contribution is -2.49. The maximum absolute atomic E-state index is 14.0. The number of aryl methyl sites for hydroxylation is 2. The molecule has 0 saturated heterocycles. The Hall–Kier alpha value is -3.34. The molecule has 0 heterocycles. The molecule has 238 valence electrons. The van der Waals surface area contributed by atoms with Gasteiger partial charge in [-0.15, -0.1) is 0 Å². The molecule has 0 aliphatic carbocycles. The van der Waals surface area contributed by atoms with E-state index in [1.807, 2.05) is 88.4 Å². The fourth-order valence-electron chi connectivity index (χ4n) is 5.81. The summed E-state index contributed by atoms with van der Waals surface area (Å²) in [6.07, 6.45) is -0.853. The van der Waals surface area contributed by atoms with Gasteiger partial charge in [-0.25, -0.2) is 8.78 Å². The molecule has 0 spiro atoms. The molecule has 0 aromatic heterocycles. The topological polar surface area (TPSA) is 70.6 Å². The molecule has 0 bridgehead atoms. The second-order valence-corrected chi connectivity index (χ2v) is 13.5. The number of amides is 1.